The van der Waals surface area contributed by atoms with Gasteiger partial charge in [-0.1, -0.05) is 109 Å². The SMILES string of the molecule is P[C@H]1CC[C@H](c2ccccc2)P1N(c1ccccc1)P(c1ccccc1)c1ccccc1. The van der Waals surface area contributed by atoms with Gasteiger partial charge in [-0.15, -0.1) is 9.24 Å². The highest BCUT2D eigenvalue weighted by molar-refractivity contribution is 7.87. The monoisotopic (exact) mass is 471 g/mol. The molecule has 1 fully saturated rings. The Morgan fingerprint density at radius 3 is 1.62 bits per heavy atom. The maximum Gasteiger partial charge on any atom is 0.0585 e. The zero-order chi connectivity index (χ0) is 21.8. The van der Waals surface area contributed by atoms with E-state index in [1.54, 1.807) is 0 Å². The van der Waals surface area contributed by atoms with Gasteiger partial charge in [0.1, 0.15) is 0 Å². The molecule has 1 saturated heterocycles. The van der Waals surface area contributed by atoms with Crippen molar-refractivity contribution >= 4 is 41.7 Å². The first kappa shape index (κ1) is 21.8. The van der Waals surface area contributed by atoms with Crippen LogP contribution in [0.15, 0.2) is 121 Å². The third-order valence-corrected chi connectivity index (χ3v) is 13.4. The lowest BCUT2D eigenvalue weighted by Crippen LogP contribution is -2.27. The van der Waals surface area contributed by atoms with E-state index < -0.39 is 16.1 Å². The molecule has 0 amide bonds. The van der Waals surface area contributed by atoms with Crippen LogP contribution in [0.4, 0.5) is 5.69 Å². The highest BCUT2D eigenvalue weighted by Gasteiger charge is 2.42. The second-order valence-electron chi connectivity index (χ2n) is 8.06. The van der Waals surface area contributed by atoms with E-state index in [1.807, 2.05) is 0 Å². The molecule has 2 unspecified atom stereocenters. The molecule has 4 aromatic carbocycles. The van der Waals surface area contributed by atoms with E-state index in [0.717, 1.165) is 0 Å². The first-order valence-electron chi connectivity index (χ1n) is 11.2. The van der Waals surface area contributed by atoms with Crippen molar-refractivity contribution in [3.8, 4) is 0 Å². The average molecular weight is 471 g/mol. The van der Waals surface area contributed by atoms with Gasteiger partial charge in [-0.3, -0.25) is 0 Å². The number of nitrogens with zero attached hydrogens (tertiary/aromatic N) is 1. The van der Waals surface area contributed by atoms with Gasteiger partial charge in [0.05, 0.1) is 8.07 Å². The van der Waals surface area contributed by atoms with Crippen molar-refractivity contribution in [1.82, 2.24) is 0 Å². The molecule has 160 valence electrons. The molecule has 1 heterocycles. The van der Waals surface area contributed by atoms with Crippen LogP contribution in [0.25, 0.3) is 0 Å². The molecule has 0 N–H and O–H groups in total. The second kappa shape index (κ2) is 10.3. The van der Waals surface area contributed by atoms with E-state index in [-0.39, 0.29) is 0 Å². The summed E-state index contributed by atoms with van der Waals surface area (Å²) in [6.45, 7) is 0. The highest BCUT2D eigenvalue weighted by Crippen LogP contribution is 2.73. The van der Waals surface area contributed by atoms with E-state index in [9.17, 15) is 0 Å². The summed E-state index contributed by atoms with van der Waals surface area (Å²) in [5, 5.41) is 3.43. The quantitative estimate of drug-likeness (QED) is 0.261. The van der Waals surface area contributed by atoms with Crippen molar-refractivity contribution in [1.29, 1.82) is 0 Å². The molecule has 1 nitrogen and oxygen atoms in total. The molecular weight excluding hydrogens is 443 g/mol. The molecule has 0 aliphatic carbocycles. The lowest BCUT2D eigenvalue weighted by Gasteiger charge is -2.43. The Morgan fingerprint density at radius 1 is 0.625 bits per heavy atom. The first-order valence-corrected chi connectivity index (χ1v) is 14.6. The highest BCUT2D eigenvalue weighted by atomic mass is 31.2. The largest absolute Gasteiger partial charge is 0.320 e. The van der Waals surface area contributed by atoms with Gasteiger partial charge < -0.3 is 4.44 Å². The van der Waals surface area contributed by atoms with Gasteiger partial charge in [0.2, 0.25) is 0 Å². The van der Waals surface area contributed by atoms with Crippen LogP contribution in [0.2, 0.25) is 0 Å². The summed E-state index contributed by atoms with van der Waals surface area (Å²) in [6.07, 6.45) is 2.51. The molecule has 0 bridgehead atoms. The Kier molecular flexibility index (Phi) is 7.00. The van der Waals surface area contributed by atoms with Gasteiger partial charge in [-0.25, -0.2) is 0 Å². The topological polar surface area (TPSA) is 3.24 Å². The molecule has 0 radical (unpaired) electrons. The van der Waals surface area contributed by atoms with E-state index in [1.165, 1.54) is 34.7 Å². The fourth-order valence-electron chi connectivity index (χ4n) is 4.51. The van der Waals surface area contributed by atoms with E-state index in [2.05, 4.69) is 135 Å². The van der Waals surface area contributed by atoms with Crippen LogP contribution in [-0.4, -0.2) is 5.40 Å². The smallest absolute Gasteiger partial charge is 0.0585 e. The van der Waals surface area contributed by atoms with E-state index in [0.29, 0.717) is 11.1 Å². The van der Waals surface area contributed by atoms with Gasteiger partial charge >= 0.3 is 0 Å². The lowest BCUT2D eigenvalue weighted by atomic mass is 10.1. The number of benzene rings is 4. The van der Waals surface area contributed by atoms with Gasteiger partial charge in [-0.05, 0) is 30.5 Å². The van der Waals surface area contributed by atoms with Crippen molar-refractivity contribution in [2.75, 3.05) is 4.44 Å². The minimum atomic E-state index is -0.696. The standard InChI is InChI=1S/C28H28NP3/c30-28-22-21-27(23-13-5-1-6-14-23)32(28)29(24-15-7-2-8-16-24)31(25-17-9-3-10-18-25)26-19-11-4-12-20-26/h1-20,27-28H,21-22,30H2/t27-,28-,32?/m1/s1. The molecule has 0 spiro atoms. The van der Waals surface area contributed by atoms with Crippen molar-refractivity contribution < 1.29 is 0 Å². The number of hydrogen-bond acceptors (Lipinski definition) is 1. The number of hydrogen-bond donors (Lipinski definition) is 0. The molecule has 0 aromatic heterocycles. The Labute approximate surface area is 196 Å². The maximum atomic E-state index is 3.22. The predicted octanol–water partition coefficient (Wildman–Crippen LogP) is 7.67. The maximum absolute atomic E-state index is 3.22. The lowest BCUT2D eigenvalue weighted by molar-refractivity contribution is 0.815. The van der Waals surface area contributed by atoms with Crippen molar-refractivity contribution in [2.45, 2.75) is 23.9 Å². The van der Waals surface area contributed by atoms with Crippen molar-refractivity contribution in [2.24, 2.45) is 0 Å². The molecule has 0 saturated carbocycles. The Hall–Kier alpha value is -2.03. The Bertz CT molecular complexity index is 1070. The first-order chi connectivity index (χ1) is 15.8. The van der Waals surface area contributed by atoms with Crippen molar-refractivity contribution in [3.63, 3.8) is 0 Å². The van der Waals surface area contributed by atoms with Crippen LogP contribution in [0.1, 0.15) is 24.1 Å². The zero-order valence-corrected chi connectivity index (χ0v) is 21.0. The summed E-state index contributed by atoms with van der Waals surface area (Å²) >= 11 is 0. The third-order valence-electron chi connectivity index (χ3n) is 5.98. The normalized spacial score (nSPS) is 20.4. The molecule has 1 aliphatic heterocycles. The minimum Gasteiger partial charge on any atom is -0.320 e. The fourth-order valence-corrected chi connectivity index (χ4v) is 13.0. The van der Waals surface area contributed by atoms with Crippen LogP contribution >= 0.6 is 25.4 Å². The molecule has 32 heavy (non-hydrogen) atoms. The molecular formula is C28H28NP3. The van der Waals surface area contributed by atoms with Crippen LogP contribution in [0.3, 0.4) is 0 Å². The van der Waals surface area contributed by atoms with Gasteiger partial charge in [-0.2, -0.15) is 0 Å². The number of rotatable bonds is 6. The van der Waals surface area contributed by atoms with Crippen LogP contribution < -0.4 is 15.1 Å². The molecule has 1 aliphatic rings. The molecule has 4 atom stereocenters. The molecule has 5 rings (SSSR count). The Morgan fingerprint density at radius 2 is 1.09 bits per heavy atom. The van der Waals surface area contributed by atoms with Gasteiger partial charge in [0.15, 0.2) is 0 Å². The zero-order valence-electron chi connectivity index (χ0n) is 18.0. The van der Waals surface area contributed by atoms with Crippen LogP contribution in [0, 0.1) is 0 Å². The summed E-state index contributed by atoms with van der Waals surface area (Å²) in [7, 11) is 2.08. The van der Waals surface area contributed by atoms with Gasteiger partial charge in [0, 0.05) is 35.4 Å². The van der Waals surface area contributed by atoms with Crippen molar-refractivity contribution in [3.05, 3.63) is 127 Å². The molecule has 4 aromatic rings. The molecule has 4 heteroatoms. The summed E-state index contributed by atoms with van der Waals surface area (Å²) in [5.41, 5.74) is 3.40. The summed E-state index contributed by atoms with van der Waals surface area (Å²) < 4.78 is 2.83. The third kappa shape index (κ3) is 4.54. The fraction of sp³-hybridized carbons (Fsp3) is 0.143. The summed E-state index contributed by atoms with van der Waals surface area (Å²) in [6, 6.07) is 44.6. The van der Waals surface area contributed by atoms with E-state index in [4.69, 9.17) is 0 Å². The number of anilines is 1. The van der Waals surface area contributed by atoms with Crippen LogP contribution in [0.5, 0.6) is 0 Å². The Balaban J connectivity index is 1.69. The van der Waals surface area contributed by atoms with E-state index >= 15 is 0 Å². The second-order valence-corrected chi connectivity index (χ2v) is 14.2. The predicted molar refractivity (Wildman–Crippen MR) is 147 cm³/mol. The van der Waals surface area contributed by atoms with Crippen LogP contribution in [-0.2, 0) is 0 Å². The van der Waals surface area contributed by atoms with Gasteiger partial charge in [0.25, 0.3) is 0 Å². The summed E-state index contributed by atoms with van der Waals surface area (Å²) in [5.74, 6) is 0. The minimum absolute atomic E-state index is 0.447. The average Bonchev–Trinajstić information content (AvgIpc) is 3.25. The number of para-hydroxylation sites is 1. The summed E-state index contributed by atoms with van der Waals surface area (Å²) in [4.78, 5) is 0.